The van der Waals surface area contributed by atoms with Gasteiger partial charge in [-0.05, 0) is 43.9 Å². The number of carbonyl (C=O) groups is 1. The van der Waals surface area contributed by atoms with Crippen LogP contribution in [0.3, 0.4) is 0 Å². The summed E-state index contributed by atoms with van der Waals surface area (Å²) in [5.74, 6) is 0.554. The Labute approximate surface area is 134 Å². The van der Waals surface area contributed by atoms with E-state index in [-0.39, 0.29) is 12.5 Å². The summed E-state index contributed by atoms with van der Waals surface area (Å²) < 4.78 is 5.68. The summed E-state index contributed by atoms with van der Waals surface area (Å²) in [6, 6.07) is 4.05. The molecule has 0 fully saturated rings. The molecule has 0 unspecified atom stereocenters. The Morgan fingerprint density at radius 1 is 1.23 bits per heavy atom. The van der Waals surface area contributed by atoms with E-state index >= 15 is 0 Å². The van der Waals surface area contributed by atoms with Crippen molar-refractivity contribution in [1.29, 1.82) is 0 Å². The zero-order valence-corrected chi connectivity index (χ0v) is 14.2. The number of nitrogens with one attached hydrogen (secondary N) is 1. The Morgan fingerprint density at radius 3 is 2.68 bits per heavy atom. The van der Waals surface area contributed by atoms with Gasteiger partial charge < -0.3 is 4.74 Å². The third-order valence-corrected chi connectivity index (χ3v) is 4.30. The van der Waals surface area contributed by atoms with Crippen LogP contribution in [0.2, 0.25) is 0 Å². The van der Waals surface area contributed by atoms with Crippen LogP contribution in [0.5, 0.6) is 5.75 Å². The zero-order valence-electron chi connectivity index (χ0n) is 13.4. The second-order valence-electron chi connectivity index (χ2n) is 5.24. The quantitative estimate of drug-likeness (QED) is 0.886. The van der Waals surface area contributed by atoms with Crippen LogP contribution in [0.1, 0.15) is 35.0 Å². The van der Waals surface area contributed by atoms with Gasteiger partial charge in [-0.2, -0.15) is 0 Å². The van der Waals surface area contributed by atoms with Gasteiger partial charge in [-0.1, -0.05) is 30.4 Å². The van der Waals surface area contributed by atoms with Crippen LogP contribution in [-0.2, 0) is 11.2 Å². The van der Waals surface area contributed by atoms with Crippen molar-refractivity contribution in [3.63, 3.8) is 0 Å². The highest BCUT2D eigenvalue weighted by Crippen LogP contribution is 2.25. The molecular formula is C16H21N3O2S. The lowest BCUT2D eigenvalue weighted by Crippen LogP contribution is -2.20. The highest BCUT2D eigenvalue weighted by Gasteiger charge is 2.11. The van der Waals surface area contributed by atoms with E-state index < -0.39 is 0 Å². The first-order valence-electron chi connectivity index (χ1n) is 7.33. The highest BCUT2D eigenvalue weighted by molar-refractivity contribution is 7.15. The minimum atomic E-state index is -0.223. The van der Waals surface area contributed by atoms with E-state index in [9.17, 15) is 4.79 Å². The van der Waals surface area contributed by atoms with Crippen molar-refractivity contribution in [3.8, 4) is 5.75 Å². The van der Waals surface area contributed by atoms with Crippen LogP contribution in [0.4, 0.5) is 5.13 Å². The summed E-state index contributed by atoms with van der Waals surface area (Å²) in [7, 11) is 0. The molecule has 5 nitrogen and oxygen atoms in total. The Hall–Kier alpha value is -1.95. The van der Waals surface area contributed by atoms with E-state index in [0.717, 1.165) is 40.3 Å². The molecule has 6 heteroatoms. The lowest BCUT2D eigenvalue weighted by atomic mass is 10.1. The maximum absolute atomic E-state index is 12.0. The minimum Gasteiger partial charge on any atom is -0.483 e. The van der Waals surface area contributed by atoms with Gasteiger partial charge in [-0.15, -0.1) is 10.2 Å². The van der Waals surface area contributed by atoms with Gasteiger partial charge in [-0.25, -0.2) is 0 Å². The summed E-state index contributed by atoms with van der Waals surface area (Å²) in [5.41, 5.74) is 3.24. The van der Waals surface area contributed by atoms with Crippen LogP contribution in [0.15, 0.2) is 12.1 Å². The maximum Gasteiger partial charge on any atom is 0.264 e. The minimum absolute atomic E-state index is 0.0339. The number of aromatic nitrogens is 2. The van der Waals surface area contributed by atoms with Gasteiger partial charge in [0.25, 0.3) is 5.91 Å². The van der Waals surface area contributed by atoms with Gasteiger partial charge in [0.1, 0.15) is 10.8 Å². The molecule has 0 saturated heterocycles. The smallest absolute Gasteiger partial charge is 0.264 e. The number of hydrogen-bond acceptors (Lipinski definition) is 5. The molecule has 2 aromatic rings. The first-order chi connectivity index (χ1) is 10.5. The summed E-state index contributed by atoms with van der Waals surface area (Å²) in [6.07, 6.45) is 1.89. The van der Waals surface area contributed by atoms with E-state index in [4.69, 9.17) is 4.74 Å². The number of hydrogen-bond donors (Lipinski definition) is 1. The molecule has 118 valence electrons. The van der Waals surface area contributed by atoms with Crippen molar-refractivity contribution in [2.75, 3.05) is 11.9 Å². The van der Waals surface area contributed by atoms with E-state index in [0.29, 0.717) is 5.13 Å². The monoisotopic (exact) mass is 319 g/mol. The van der Waals surface area contributed by atoms with Crippen LogP contribution in [0, 0.1) is 20.8 Å². The number of aryl methyl sites for hydroxylation is 3. The van der Waals surface area contributed by atoms with E-state index in [1.54, 1.807) is 0 Å². The molecular weight excluding hydrogens is 298 g/mol. The number of nitrogens with zero attached hydrogens (tertiary/aromatic N) is 2. The van der Waals surface area contributed by atoms with Crippen molar-refractivity contribution < 1.29 is 9.53 Å². The normalized spacial score (nSPS) is 10.5. The lowest BCUT2D eigenvalue weighted by Gasteiger charge is -2.13. The summed E-state index contributed by atoms with van der Waals surface area (Å²) in [4.78, 5) is 12.0. The van der Waals surface area contributed by atoms with E-state index in [1.807, 2.05) is 32.9 Å². The molecule has 0 aliphatic heterocycles. The largest absolute Gasteiger partial charge is 0.483 e. The molecule has 0 atom stereocenters. The lowest BCUT2D eigenvalue weighted by molar-refractivity contribution is -0.118. The second-order valence-corrected chi connectivity index (χ2v) is 6.30. The first kappa shape index (κ1) is 16.4. The second kappa shape index (κ2) is 7.35. The number of ether oxygens (including phenoxy) is 1. The Morgan fingerprint density at radius 2 is 1.95 bits per heavy atom. The molecule has 1 heterocycles. The fraction of sp³-hybridized carbons (Fsp3) is 0.438. The number of amides is 1. The molecule has 0 spiro atoms. The Bertz CT molecular complexity index is 667. The average molecular weight is 319 g/mol. The fourth-order valence-corrected chi connectivity index (χ4v) is 2.92. The van der Waals surface area contributed by atoms with Crippen LogP contribution >= 0.6 is 11.3 Å². The SMILES string of the molecule is CCCc1nnc(NC(=O)COc2c(C)ccc(C)c2C)s1. The summed E-state index contributed by atoms with van der Waals surface area (Å²) in [5, 5.41) is 12.2. The standard InChI is InChI=1S/C16H21N3O2S/c1-5-6-14-18-19-16(22-14)17-13(20)9-21-15-11(3)8-7-10(2)12(15)4/h7-8H,5-6,9H2,1-4H3,(H,17,19,20). The molecule has 0 radical (unpaired) electrons. The van der Waals surface area contributed by atoms with Gasteiger partial charge in [-0.3, -0.25) is 10.1 Å². The van der Waals surface area contributed by atoms with Crippen LogP contribution < -0.4 is 10.1 Å². The topological polar surface area (TPSA) is 64.1 Å². The number of benzene rings is 1. The van der Waals surface area contributed by atoms with E-state index in [1.165, 1.54) is 11.3 Å². The maximum atomic E-state index is 12.0. The molecule has 1 N–H and O–H groups in total. The highest BCUT2D eigenvalue weighted by atomic mass is 32.1. The van der Waals surface area contributed by atoms with Gasteiger partial charge >= 0.3 is 0 Å². The molecule has 1 aromatic carbocycles. The van der Waals surface area contributed by atoms with Crippen molar-refractivity contribution in [3.05, 3.63) is 33.8 Å². The van der Waals surface area contributed by atoms with Crippen molar-refractivity contribution in [1.82, 2.24) is 10.2 Å². The number of anilines is 1. The molecule has 0 aliphatic rings. The van der Waals surface area contributed by atoms with Crippen LogP contribution in [-0.4, -0.2) is 22.7 Å². The molecule has 2 rings (SSSR count). The number of rotatable bonds is 6. The molecule has 0 saturated carbocycles. The third kappa shape index (κ3) is 4.04. The van der Waals surface area contributed by atoms with Crippen molar-refractivity contribution >= 4 is 22.4 Å². The fourth-order valence-electron chi connectivity index (χ4n) is 2.06. The Kier molecular flexibility index (Phi) is 5.49. The molecule has 0 aliphatic carbocycles. The predicted molar refractivity (Wildman–Crippen MR) is 88.7 cm³/mol. The zero-order chi connectivity index (χ0) is 16.1. The third-order valence-electron chi connectivity index (χ3n) is 3.40. The summed E-state index contributed by atoms with van der Waals surface area (Å²) in [6.45, 7) is 8.05. The number of carbonyl (C=O) groups excluding carboxylic acids is 1. The predicted octanol–water partition coefficient (Wildman–Crippen LogP) is 3.43. The first-order valence-corrected chi connectivity index (χ1v) is 8.14. The molecule has 0 bridgehead atoms. The van der Waals surface area contributed by atoms with Gasteiger partial charge in [0.2, 0.25) is 5.13 Å². The van der Waals surface area contributed by atoms with Crippen molar-refractivity contribution in [2.45, 2.75) is 40.5 Å². The molecule has 1 amide bonds. The van der Waals surface area contributed by atoms with E-state index in [2.05, 4.69) is 22.4 Å². The van der Waals surface area contributed by atoms with Crippen molar-refractivity contribution in [2.24, 2.45) is 0 Å². The molecule has 1 aromatic heterocycles. The van der Waals surface area contributed by atoms with Gasteiger partial charge in [0, 0.05) is 6.42 Å². The van der Waals surface area contributed by atoms with Gasteiger partial charge in [0.15, 0.2) is 6.61 Å². The summed E-state index contributed by atoms with van der Waals surface area (Å²) >= 11 is 1.41. The van der Waals surface area contributed by atoms with Crippen LogP contribution in [0.25, 0.3) is 0 Å². The molecule has 22 heavy (non-hydrogen) atoms. The van der Waals surface area contributed by atoms with Gasteiger partial charge in [0.05, 0.1) is 0 Å². The Balaban J connectivity index is 1.94. The average Bonchev–Trinajstić information content (AvgIpc) is 2.91.